The van der Waals surface area contributed by atoms with E-state index in [1.54, 1.807) is 12.1 Å². The number of rotatable bonds is 10. The summed E-state index contributed by atoms with van der Waals surface area (Å²) in [6, 6.07) is 17.5. The SMILES string of the molecule is CCN(CC)C(CNC(=O)CSc1nnc(-c2ccc(Cl)cc2)o1)c1ccccc1. The molecule has 3 rings (SSSR count). The minimum Gasteiger partial charge on any atom is -0.411 e. The number of halogens is 1. The van der Waals surface area contributed by atoms with Crippen molar-refractivity contribution < 1.29 is 9.21 Å². The summed E-state index contributed by atoms with van der Waals surface area (Å²) in [5.74, 6) is 0.543. The van der Waals surface area contributed by atoms with Gasteiger partial charge in [0.25, 0.3) is 5.22 Å². The van der Waals surface area contributed by atoms with Gasteiger partial charge in [-0.05, 0) is 42.9 Å². The standard InChI is InChI=1S/C22H25ClN4O2S/c1-3-27(4-2)19(16-8-6-5-7-9-16)14-24-20(28)15-30-22-26-25-21(29-22)17-10-12-18(23)13-11-17/h5-13,19H,3-4,14-15H2,1-2H3,(H,24,28). The first-order chi connectivity index (χ1) is 14.6. The quantitative estimate of drug-likeness (QED) is 0.458. The molecule has 0 spiro atoms. The summed E-state index contributed by atoms with van der Waals surface area (Å²) in [5.41, 5.74) is 1.98. The Hall–Kier alpha value is -2.35. The maximum absolute atomic E-state index is 12.4. The molecular formula is C22H25ClN4O2S. The van der Waals surface area contributed by atoms with Crippen LogP contribution in [0.5, 0.6) is 0 Å². The molecule has 1 atom stereocenters. The molecule has 1 aromatic heterocycles. The van der Waals surface area contributed by atoms with E-state index in [1.165, 1.54) is 17.3 Å². The van der Waals surface area contributed by atoms with Crippen molar-refractivity contribution in [3.05, 3.63) is 65.2 Å². The van der Waals surface area contributed by atoms with Crippen LogP contribution in [0.15, 0.2) is 64.2 Å². The van der Waals surface area contributed by atoms with Crippen LogP contribution in [-0.2, 0) is 4.79 Å². The fourth-order valence-electron chi connectivity index (χ4n) is 3.16. The summed E-state index contributed by atoms with van der Waals surface area (Å²) in [7, 11) is 0. The zero-order valence-electron chi connectivity index (χ0n) is 17.0. The van der Waals surface area contributed by atoms with Crippen molar-refractivity contribution in [2.45, 2.75) is 25.1 Å². The number of aromatic nitrogens is 2. The Morgan fingerprint density at radius 2 is 1.80 bits per heavy atom. The molecule has 0 bridgehead atoms. The van der Waals surface area contributed by atoms with Gasteiger partial charge in [-0.1, -0.05) is 67.5 Å². The third-order valence-corrected chi connectivity index (χ3v) is 5.82. The molecule has 158 valence electrons. The average molecular weight is 445 g/mol. The molecular weight excluding hydrogens is 420 g/mol. The number of likely N-dealkylation sites (N-methyl/N-ethyl adjacent to an activating group) is 1. The van der Waals surface area contributed by atoms with Crippen LogP contribution in [0.1, 0.15) is 25.5 Å². The summed E-state index contributed by atoms with van der Waals surface area (Å²) in [6.45, 7) is 6.63. The smallest absolute Gasteiger partial charge is 0.277 e. The Balaban J connectivity index is 1.54. The van der Waals surface area contributed by atoms with Crippen LogP contribution in [0.4, 0.5) is 0 Å². The molecule has 0 radical (unpaired) electrons. The molecule has 2 aromatic carbocycles. The number of nitrogens with zero attached hydrogens (tertiary/aromatic N) is 3. The molecule has 6 nitrogen and oxygen atoms in total. The zero-order chi connectivity index (χ0) is 21.3. The first-order valence-corrected chi connectivity index (χ1v) is 11.2. The van der Waals surface area contributed by atoms with Crippen LogP contribution in [0.25, 0.3) is 11.5 Å². The van der Waals surface area contributed by atoms with E-state index in [-0.39, 0.29) is 17.7 Å². The second-order valence-electron chi connectivity index (χ2n) is 6.62. The number of carbonyl (C=O) groups is 1. The van der Waals surface area contributed by atoms with Gasteiger partial charge in [0, 0.05) is 17.1 Å². The van der Waals surface area contributed by atoms with E-state index in [2.05, 4.69) is 46.4 Å². The highest BCUT2D eigenvalue weighted by Gasteiger charge is 2.19. The topological polar surface area (TPSA) is 71.3 Å². The van der Waals surface area contributed by atoms with Crippen molar-refractivity contribution in [1.82, 2.24) is 20.4 Å². The van der Waals surface area contributed by atoms with Gasteiger partial charge in [-0.3, -0.25) is 9.69 Å². The molecule has 0 aliphatic carbocycles. The lowest BCUT2D eigenvalue weighted by Crippen LogP contribution is -2.38. The fourth-order valence-corrected chi connectivity index (χ4v) is 3.88. The van der Waals surface area contributed by atoms with Crippen molar-refractivity contribution in [2.24, 2.45) is 0 Å². The lowest BCUT2D eigenvalue weighted by atomic mass is 10.1. The van der Waals surface area contributed by atoms with E-state index in [4.69, 9.17) is 16.0 Å². The van der Waals surface area contributed by atoms with Gasteiger partial charge in [0.2, 0.25) is 11.8 Å². The van der Waals surface area contributed by atoms with Crippen LogP contribution in [0.3, 0.4) is 0 Å². The van der Waals surface area contributed by atoms with Crippen molar-refractivity contribution in [1.29, 1.82) is 0 Å². The number of hydrogen-bond donors (Lipinski definition) is 1. The van der Waals surface area contributed by atoms with Crippen molar-refractivity contribution in [3.8, 4) is 11.5 Å². The van der Waals surface area contributed by atoms with Crippen molar-refractivity contribution in [2.75, 3.05) is 25.4 Å². The number of thioether (sulfide) groups is 1. The van der Waals surface area contributed by atoms with Gasteiger partial charge >= 0.3 is 0 Å². The van der Waals surface area contributed by atoms with Crippen LogP contribution in [0.2, 0.25) is 5.02 Å². The molecule has 1 amide bonds. The Bertz CT molecular complexity index is 930. The molecule has 0 aliphatic heterocycles. The van der Waals surface area contributed by atoms with E-state index < -0.39 is 0 Å². The first kappa shape index (κ1) is 22.3. The van der Waals surface area contributed by atoms with E-state index in [0.29, 0.717) is 22.7 Å². The van der Waals surface area contributed by atoms with Crippen LogP contribution in [0, 0.1) is 0 Å². The van der Waals surface area contributed by atoms with Gasteiger partial charge in [0.15, 0.2) is 0 Å². The summed E-state index contributed by atoms with van der Waals surface area (Å²) < 4.78 is 5.64. The van der Waals surface area contributed by atoms with E-state index >= 15 is 0 Å². The molecule has 1 unspecified atom stereocenters. The number of amides is 1. The van der Waals surface area contributed by atoms with Crippen LogP contribution in [-0.4, -0.2) is 46.4 Å². The number of nitrogens with one attached hydrogen (secondary N) is 1. The second kappa shape index (κ2) is 11.2. The second-order valence-corrected chi connectivity index (χ2v) is 7.98. The zero-order valence-corrected chi connectivity index (χ0v) is 18.6. The van der Waals surface area contributed by atoms with Gasteiger partial charge in [-0.15, -0.1) is 10.2 Å². The third kappa shape index (κ3) is 6.08. The predicted molar refractivity (Wildman–Crippen MR) is 121 cm³/mol. The molecule has 0 saturated carbocycles. The van der Waals surface area contributed by atoms with Gasteiger partial charge in [-0.25, -0.2) is 0 Å². The molecule has 1 heterocycles. The van der Waals surface area contributed by atoms with Gasteiger partial charge in [0.1, 0.15) is 0 Å². The largest absolute Gasteiger partial charge is 0.411 e. The Kier molecular flexibility index (Phi) is 8.30. The van der Waals surface area contributed by atoms with Crippen LogP contribution < -0.4 is 5.32 Å². The lowest BCUT2D eigenvalue weighted by Gasteiger charge is -2.30. The molecule has 3 aromatic rings. The molecule has 8 heteroatoms. The molecule has 0 fully saturated rings. The van der Waals surface area contributed by atoms with Crippen molar-refractivity contribution >= 4 is 29.3 Å². The van der Waals surface area contributed by atoms with Crippen LogP contribution >= 0.6 is 23.4 Å². The highest BCUT2D eigenvalue weighted by atomic mass is 35.5. The molecule has 0 saturated heterocycles. The highest BCUT2D eigenvalue weighted by Crippen LogP contribution is 2.24. The van der Waals surface area contributed by atoms with E-state index in [9.17, 15) is 4.79 Å². The highest BCUT2D eigenvalue weighted by molar-refractivity contribution is 7.99. The number of carbonyl (C=O) groups excluding carboxylic acids is 1. The lowest BCUT2D eigenvalue weighted by molar-refractivity contribution is -0.118. The number of hydrogen-bond acceptors (Lipinski definition) is 6. The summed E-state index contributed by atoms with van der Waals surface area (Å²) >= 11 is 7.12. The van der Waals surface area contributed by atoms with Crippen molar-refractivity contribution in [3.63, 3.8) is 0 Å². The fraction of sp³-hybridized carbons (Fsp3) is 0.318. The first-order valence-electron chi connectivity index (χ1n) is 9.88. The number of benzene rings is 2. The molecule has 0 aliphatic rings. The van der Waals surface area contributed by atoms with Gasteiger partial charge in [-0.2, -0.15) is 0 Å². The maximum Gasteiger partial charge on any atom is 0.277 e. The van der Waals surface area contributed by atoms with Gasteiger partial charge < -0.3 is 9.73 Å². The Morgan fingerprint density at radius 1 is 1.10 bits per heavy atom. The summed E-state index contributed by atoms with van der Waals surface area (Å²) in [6.07, 6.45) is 0. The molecule has 1 N–H and O–H groups in total. The minimum absolute atomic E-state index is 0.0701. The van der Waals surface area contributed by atoms with E-state index in [1.807, 2.05) is 30.3 Å². The third-order valence-electron chi connectivity index (χ3n) is 4.75. The minimum atomic E-state index is -0.0701. The Labute approximate surface area is 186 Å². The maximum atomic E-state index is 12.4. The summed E-state index contributed by atoms with van der Waals surface area (Å²) in [5, 5.41) is 12.1. The molecule has 30 heavy (non-hydrogen) atoms. The Morgan fingerprint density at radius 3 is 2.47 bits per heavy atom. The monoisotopic (exact) mass is 444 g/mol. The predicted octanol–water partition coefficient (Wildman–Crippen LogP) is 4.68. The average Bonchev–Trinajstić information content (AvgIpc) is 3.25. The van der Waals surface area contributed by atoms with E-state index in [0.717, 1.165) is 18.7 Å². The summed E-state index contributed by atoms with van der Waals surface area (Å²) in [4.78, 5) is 14.7. The van der Waals surface area contributed by atoms with Gasteiger partial charge in [0.05, 0.1) is 11.8 Å². The normalized spacial score (nSPS) is 12.1.